The van der Waals surface area contributed by atoms with Gasteiger partial charge in [0.2, 0.25) is 0 Å². The fraction of sp³-hybridized carbons (Fsp3) is 0.667. The summed E-state index contributed by atoms with van der Waals surface area (Å²) in [7, 11) is -2.96. The minimum Gasteiger partial charge on any atom is -0.223 e. The topological polar surface area (TPSA) is 34.1 Å². The molecule has 0 N–H and O–H groups in total. The van der Waals surface area contributed by atoms with Crippen molar-refractivity contribution in [2.24, 2.45) is 0 Å². The van der Waals surface area contributed by atoms with Crippen molar-refractivity contribution in [1.82, 2.24) is 0 Å². The summed E-state index contributed by atoms with van der Waals surface area (Å²) in [6, 6.07) is 0. The Morgan fingerprint density at radius 1 is 1.50 bits per heavy atom. The molecular formula is C6H11BrO2S. The van der Waals surface area contributed by atoms with E-state index in [1.165, 1.54) is 5.41 Å². The first-order valence-corrected chi connectivity index (χ1v) is 5.91. The van der Waals surface area contributed by atoms with Crippen LogP contribution in [0.25, 0.3) is 0 Å². The number of alkyl halides is 1. The Kier molecular flexibility index (Phi) is 4.99. The van der Waals surface area contributed by atoms with Gasteiger partial charge in [-0.15, -0.1) is 0 Å². The average Bonchev–Trinajstić information content (AvgIpc) is 1.89. The molecule has 60 valence electrons. The van der Waals surface area contributed by atoms with Crippen LogP contribution in [0.3, 0.4) is 0 Å². The fourth-order valence-electron chi connectivity index (χ4n) is 0.418. The predicted molar refractivity (Wildman–Crippen MR) is 46.8 cm³/mol. The van der Waals surface area contributed by atoms with Crippen LogP contribution in [0.2, 0.25) is 0 Å². The number of unbranched alkanes of at least 4 members (excludes halogenated alkanes) is 1. The Balaban J connectivity index is 3.89. The Morgan fingerprint density at radius 2 is 2.10 bits per heavy atom. The Bertz CT molecular complexity index is 194. The lowest BCUT2D eigenvalue weighted by atomic mass is 10.3. The third kappa shape index (κ3) is 4.99. The highest BCUT2D eigenvalue weighted by atomic mass is 79.9. The van der Waals surface area contributed by atoms with Crippen LogP contribution in [-0.4, -0.2) is 13.1 Å². The first-order chi connectivity index (χ1) is 4.62. The van der Waals surface area contributed by atoms with Crippen LogP contribution in [0.15, 0.2) is 11.5 Å². The summed E-state index contributed by atoms with van der Waals surface area (Å²) in [4.78, 5) is 0. The van der Waals surface area contributed by atoms with E-state index < -0.39 is 9.84 Å². The molecule has 0 atom stereocenters. The lowest BCUT2D eigenvalue weighted by Crippen LogP contribution is -1.93. The smallest absolute Gasteiger partial charge is 0.181 e. The molecule has 10 heavy (non-hydrogen) atoms. The zero-order valence-electron chi connectivity index (χ0n) is 5.88. The highest BCUT2D eigenvalue weighted by molar-refractivity contribution is 9.10. The summed E-state index contributed by atoms with van der Waals surface area (Å²) in [6.07, 6.45) is 3.48. The lowest BCUT2D eigenvalue weighted by molar-refractivity contribution is 0.609. The van der Waals surface area contributed by atoms with Gasteiger partial charge < -0.3 is 0 Å². The molecule has 0 saturated carbocycles. The van der Waals surface area contributed by atoms with Crippen LogP contribution < -0.4 is 0 Å². The van der Waals surface area contributed by atoms with E-state index in [1.807, 2.05) is 6.92 Å². The van der Waals surface area contributed by atoms with Crippen molar-refractivity contribution in [3.63, 3.8) is 0 Å². The van der Waals surface area contributed by atoms with Gasteiger partial charge in [-0.1, -0.05) is 35.4 Å². The van der Waals surface area contributed by atoms with Crippen molar-refractivity contribution in [1.29, 1.82) is 0 Å². The molecule has 0 aromatic carbocycles. The molecule has 0 heterocycles. The molecule has 0 saturated heterocycles. The normalized spacial score (nSPS) is 12.6. The van der Waals surface area contributed by atoms with E-state index in [-0.39, 0.29) is 4.66 Å². The van der Waals surface area contributed by atoms with Gasteiger partial charge in [0.15, 0.2) is 9.84 Å². The maximum atomic E-state index is 10.7. The number of allylic oxidation sites excluding steroid dienone is 1. The minimum atomic E-state index is -2.96. The molecule has 0 aliphatic rings. The molecule has 0 rings (SSSR count). The number of halogens is 1. The van der Waals surface area contributed by atoms with Crippen LogP contribution in [0.4, 0.5) is 0 Å². The Labute approximate surface area is 70.4 Å². The lowest BCUT2D eigenvalue weighted by Gasteiger charge is -1.88. The van der Waals surface area contributed by atoms with E-state index in [0.717, 1.165) is 12.8 Å². The van der Waals surface area contributed by atoms with Crippen LogP contribution in [-0.2, 0) is 9.84 Å². The SMILES string of the molecule is CCCC=CS(=O)(=O)CBr. The zero-order chi connectivity index (χ0) is 8.04. The van der Waals surface area contributed by atoms with Crippen LogP contribution in [0, 0.1) is 0 Å². The summed E-state index contributed by atoms with van der Waals surface area (Å²) in [5, 5.41) is 1.26. The molecule has 0 spiro atoms. The van der Waals surface area contributed by atoms with Crippen molar-refractivity contribution in [2.75, 3.05) is 4.66 Å². The van der Waals surface area contributed by atoms with Crippen molar-refractivity contribution in [3.8, 4) is 0 Å². The van der Waals surface area contributed by atoms with E-state index in [4.69, 9.17) is 0 Å². The van der Waals surface area contributed by atoms with Crippen molar-refractivity contribution < 1.29 is 8.42 Å². The van der Waals surface area contributed by atoms with Gasteiger partial charge in [0.25, 0.3) is 0 Å². The summed E-state index contributed by atoms with van der Waals surface area (Å²) >= 11 is 2.88. The zero-order valence-corrected chi connectivity index (χ0v) is 8.28. The molecule has 0 amide bonds. The largest absolute Gasteiger partial charge is 0.223 e. The van der Waals surface area contributed by atoms with E-state index in [2.05, 4.69) is 15.9 Å². The number of sulfone groups is 1. The molecule has 0 aliphatic carbocycles. The third-order valence-electron chi connectivity index (χ3n) is 0.911. The Hall–Kier alpha value is 0.170. The van der Waals surface area contributed by atoms with Crippen molar-refractivity contribution in [3.05, 3.63) is 11.5 Å². The summed E-state index contributed by atoms with van der Waals surface area (Å²) in [5.41, 5.74) is 0. The molecule has 0 fully saturated rings. The van der Waals surface area contributed by atoms with E-state index in [0.29, 0.717) is 0 Å². The first-order valence-electron chi connectivity index (χ1n) is 3.07. The van der Waals surface area contributed by atoms with Crippen molar-refractivity contribution in [2.45, 2.75) is 19.8 Å². The molecular weight excluding hydrogens is 216 g/mol. The number of rotatable bonds is 4. The highest BCUT2D eigenvalue weighted by Crippen LogP contribution is 1.99. The second-order valence-electron chi connectivity index (χ2n) is 1.93. The van der Waals surface area contributed by atoms with E-state index in [9.17, 15) is 8.42 Å². The average molecular weight is 227 g/mol. The van der Waals surface area contributed by atoms with Crippen molar-refractivity contribution >= 4 is 25.8 Å². The monoisotopic (exact) mass is 226 g/mol. The second-order valence-corrected chi connectivity index (χ2v) is 5.12. The second kappa shape index (κ2) is 4.91. The maximum absolute atomic E-state index is 10.7. The van der Waals surface area contributed by atoms with Crippen LogP contribution in [0.1, 0.15) is 19.8 Å². The molecule has 0 aliphatic heterocycles. The summed E-state index contributed by atoms with van der Waals surface area (Å²) in [6.45, 7) is 2.01. The van der Waals surface area contributed by atoms with Gasteiger partial charge in [-0.2, -0.15) is 0 Å². The Morgan fingerprint density at radius 3 is 2.50 bits per heavy atom. The highest BCUT2D eigenvalue weighted by Gasteiger charge is 1.99. The van der Waals surface area contributed by atoms with E-state index >= 15 is 0 Å². The molecule has 4 heteroatoms. The van der Waals surface area contributed by atoms with Gasteiger partial charge in [0.05, 0.1) is 0 Å². The molecule has 2 nitrogen and oxygen atoms in total. The molecule has 0 radical (unpaired) electrons. The quantitative estimate of drug-likeness (QED) is 0.689. The molecule has 0 aromatic heterocycles. The molecule has 0 bridgehead atoms. The number of hydrogen-bond acceptors (Lipinski definition) is 2. The number of hydrogen-bond donors (Lipinski definition) is 0. The van der Waals surface area contributed by atoms with Gasteiger partial charge in [-0.25, -0.2) is 8.42 Å². The van der Waals surface area contributed by atoms with Gasteiger partial charge in [0.1, 0.15) is 4.66 Å². The standard InChI is InChI=1S/C6H11BrO2S/c1-2-3-4-5-10(8,9)6-7/h4-5H,2-3,6H2,1H3. The fourth-order valence-corrected chi connectivity index (χ4v) is 1.38. The van der Waals surface area contributed by atoms with Crippen LogP contribution in [0.5, 0.6) is 0 Å². The van der Waals surface area contributed by atoms with Gasteiger partial charge >= 0.3 is 0 Å². The minimum absolute atomic E-state index is 0.0141. The maximum Gasteiger partial charge on any atom is 0.181 e. The van der Waals surface area contributed by atoms with E-state index in [1.54, 1.807) is 6.08 Å². The van der Waals surface area contributed by atoms with Gasteiger partial charge in [-0.3, -0.25) is 0 Å². The summed E-state index contributed by atoms with van der Waals surface area (Å²) < 4.78 is 21.5. The predicted octanol–water partition coefficient (Wildman–Crippen LogP) is 2.07. The van der Waals surface area contributed by atoms with Gasteiger partial charge in [0, 0.05) is 5.41 Å². The van der Waals surface area contributed by atoms with Gasteiger partial charge in [-0.05, 0) is 6.42 Å². The first kappa shape index (κ1) is 10.2. The molecule has 0 aromatic rings. The third-order valence-corrected chi connectivity index (χ3v) is 3.74. The summed E-state index contributed by atoms with van der Waals surface area (Å²) in [5.74, 6) is 0. The van der Waals surface area contributed by atoms with Crippen LogP contribution >= 0.6 is 15.9 Å². The molecule has 0 unspecified atom stereocenters.